The van der Waals surface area contributed by atoms with Crippen LogP contribution in [-0.2, 0) is 0 Å². The predicted molar refractivity (Wildman–Crippen MR) is 77.1 cm³/mol. The minimum Gasteiger partial charge on any atom is -0.384 e. The topological polar surface area (TPSA) is 68.0 Å². The zero-order valence-corrected chi connectivity index (χ0v) is 12.1. The minimum absolute atomic E-state index is 0.197. The van der Waals surface area contributed by atoms with Crippen LogP contribution in [0, 0.1) is 11.8 Å². The Morgan fingerprint density at radius 2 is 2.16 bits per heavy atom. The van der Waals surface area contributed by atoms with Gasteiger partial charge in [-0.25, -0.2) is 4.98 Å². The van der Waals surface area contributed by atoms with Crippen molar-refractivity contribution < 1.29 is 4.79 Å². The molecule has 104 valence electrons. The number of hydrogen-bond donors (Lipinski definition) is 2. The molecular formula is C14H20ClN3O. The smallest absolute Gasteiger partial charge is 0.271 e. The van der Waals surface area contributed by atoms with Gasteiger partial charge in [0.25, 0.3) is 5.91 Å². The number of amides is 1. The van der Waals surface area contributed by atoms with Crippen LogP contribution in [0.1, 0.15) is 43.6 Å². The van der Waals surface area contributed by atoms with Crippen LogP contribution in [0.4, 0.5) is 5.82 Å². The summed E-state index contributed by atoms with van der Waals surface area (Å²) in [5, 5.41) is 3.37. The quantitative estimate of drug-likeness (QED) is 0.876. The van der Waals surface area contributed by atoms with Crippen molar-refractivity contribution in [3.63, 3.8) is 0 Å². The summed E-state index contributed by atoms with van der Waals surface area (Å²) in [6.07, 6.45) is 3.30. The number of nitrogens with two attached hydrogens (primary N) is 1. The second kappa shape index (κ2) is 5.78. The number of carbonyl (C=O) groups is 1. The highest BCUT2D eigenvalue weighted by Gasteiger charge is 2.27. The van der Waals surface area contributed by atoms with Crippen LogP contribution < -0.4 is 11.1 Å². The first-order valence-corrected chi connectivity index (χ1v) is 7.08. The summed E-state index contributed by atoms with van der Waals surface area (Å²) < 4.78 is 0. The van der Waals surface area contributed by atoms with Gasteiger partial charge in [0, 0.05) is 6.04 Å². The van der Waals surface area contributed by atoms with Gasteiger partial charge in [-0.05, 0) is 43.2 Å². The van der Waals surface area contributed by atoms with Crippen LogP contribution >= 0.6 is 11.6 Å². The monoisotopic (exact) mass is 281 g/mol. The summed E-state index contributed by atoms with van der Waals surface area (Å²) >= 11 is 5.99. The van der Waals surface area contributed by atoms with Gasteiger partial charge in [0.05, 0.1) is 5.02 Å². The van der Waals surface area contributed by atoms with Gasteiger partial charge in [-0.2, -0.15) is 0 Å². The molecule has 1 saturated carbocycles. The summed E-state index contributed by atoms with van der Waals surface area (Å²) in [7, 11) is 0. The fourth-order valence-electron chi connectivity index (χ4n) is 2.73. The Balaban J connectivity index is 2.06. The van der Waals surface area contributed by atoms with Crippen LogP contribution in [0.5, 0.6) is 0 Å². The number of rotatable bonds is 2. The van der Waals surface area contributed by atoms with Crippen molar-refractivity contribution in [2.45, 2.75) is 39.2 Å². The van der Waals surface area contributed by atoms with Crippen LogP contribution in [0.2, 0.25) is 5.02 Å². The lowest BCUT2D eigenvalue weighted by Crippen LogP contribution is -2.42. The first-order chi connectivity index (χ1) is 8.97. The van der Waals surface area contributed by atoms with Crippen LogP contribution in [0.15, 0.2) is 12.1 Å². The Morgan fingerprint density at radius 3 is 2.84 bits per heavy atom. The normalized spacial score (nSPS) is 27.0. The van der Waals surface area contributed by atoms with Gasteiger partial charge in [0.2, 0.25) is 0 Å². The predicted octanol–water partition coefficient (Wildman–Crippen LogP) is 2.87. The van der Waals surface area contributed by atoms with E-state index in [1.807, 2.05) is 0 Å². The molecule has 0 saturated heterocycles. The maximum absolute atomic E-state index is 12.2. The third kappa shape index (κ3) is 3.38. The van der Waals surface area contributed by atoms with Crippen molar-refractivity contribution in [1.82, 2.24) is 10.3 Å². The third-order valence-corrected chi connectivity index (χ3v) is 4.14. The van der Waals surface area contributed by atoms with E-state index in [1.165, 1.54) is 0 Å². The van der Waals surface area contributed by atoms with Gasteiger partial charge in [-0.1, -0.05) is 25.4 Å². The number of anilines is 1. The van der Waals surface area contributed by atoms with Crippen molar-refractivity contribution in [3.8, 4) is 0 Å². The lowest BCUT2D eigenvalue weighted by atomic mass is 9.80. The standard InChI is InChI=1S/C14H20ClN3O/c1-8-3-5-11(9(2)7-8)17-14(19)13-10(15)4-6-12(16)18-13/h4,6,8-9,11H,3,5,7H2,1-2H3,(H2,16,18)(H,17,19). The molecule has 0 radical (unpaired) electrons. The molecule has 19 heavy (non-hydrogen) atoms. The van der Waals surface area contributed by atoms with Crippen molar-refractivity contribution in [1.29, 1.82) is 0 Å². The van der Waals surface area contributed by atoms with E-state index in [2.05, 4.69) is 24.1 Å². The van der Waals surface area contributed by atoms with E-state index in [-0.39, 0.29) is 17.6 Å². The minimum atomic E-state index is -0.233. The van der Waals surface area contributed by atoms with Crippen molar-refractivity contribution in [2.24, 2.45) is 11.8 Å². The highest BCUT2D eigenvalue weighted by Crippen LogP contribution is 2.29. The summed E-state index contributed by atoms with van der Waals surface area (Å²) in [6.45, 7) is 4.43. The first kappa shape index (κ1) is 14.1. The van der Waals surface area contributed by atoms with Crippen molar-refractivity contribution in [2.75, 3.05) is 5.73 Å². The van der Waals surface area contributed by atoms with E-state index in [0.717, 1.165) is 25.2 Å². The number of aromatic nitrogens is 1. The molecule has 3 atom stereocenters. The van der Waals surface area contributed by atoms with E-state index >= 15 is 0 Å². The molecule has 1 heterocycles. The number of pyridine rings is 1. The lowest BCUT2D eigenvalue weighted by molar-refractivity contribution is 0.0895. The van der Waals surface area contributed by atoms with E-state index in [0.29, 0.717) is 16.8 Å². The van der Waals surface area contributed by atoms with E-state index in [4.69, 9.17) is 17.3 Å². The Hall–Kier alpha value is -1.29. The third-order valence-electron chi connectivity index (χ3n) is 3.83. The molecule has 5 heteroatoms. The summed E-state index contributed by atoms with van der Waals surface area (Å²) in [5.74, 6) is 1.29. The molecule has 0 aromatic carbocycles. The molecule has 1 fully saturated rings. The second-order valence-corrected chi connectivity index (χ2v) is 5.95. The summed E-state index contributed by atoms with van der Waals surface area (Å²) in [6, 6.07) is 3.39. The molecule has 1 aromatic rings. The number of halogens is 1. The zero-order valence-electron chi connectivity index (χ0n) is 11.3. The fourth-order valence-corrected chi connectivity index (χ4v) is 2.92. The fraction of sp³-hybridized carbons (Fsp3) is 0.571. The molecule has 0 bridgehead atoms. The lowest BCUT2D eigenvalue weighted by Gasteiger charge is -2.33. The Kier molecular flexibility index (Phi) is 4.30. The van der Waals surface area contributed by atoms with E-state index < -0.39 is 0 Å². The van der Waals surface area contributed by atoms with Gasteiger partial charge < -0.3 is 11.1 Å². The Morgan fingerprint density at radius 1 is 1.42 bits per heavy atom. The molecule has 1 aliphatic carbocycles. The van der Waals surface area contributed by atoms with Crippen LogP contribution in [0.25, 0.3) is 0 Å². The van der Waals surface area contributed by atoms with Gasteiger partial charge in [-0.3, -0.25) is 4.79 Å². The highest BCUT2D eigenvalue weighted by atomic mass is 35.5. The number of nitrogens with zero attached hydrogens (tertiary/aromatic N) is 1. The molecule has 1 amide bonds. The van der Waals surface area contributed by atoms with Crippen LogP contribution in [0.3, 0.4) is 0 Å². The van der Waals surface area contributed by atoms with Gasteiger partial charge >= 0.3 is 0 Å². The molecule has 1 aliphatic rings. The Labute approximate surface area is 118 Å². The SMILES string of the molecule is CC1CCC(NC(=O)c2nc(N)ccc2Cl)C(C)C1. The zero-order chi connectivity index (χ0) is 14.0. The van der Waals surface area contributed by atoms with Gasteiger partial charge in [-0.15, -0.1) is 0 Å². The van der Waals surface area contributed by atoms with E-state index in [9.17, 15) is 4.79 Å². The highest BCUT2D eigenvalue weighted by molar-refractivity contribution is 6.33. The molecule has 1 aromatic heterocycles. The van der Waals surface area contributed by atoms with E-state index in [1.54, 1.807) is 12.1 Å². The average molecular weight is 282 g/mol. The first-order valence-electron chi connectivity index (χ1n) is 6.70. The maximum Gasteiger partial charge on any atom is 0.271 e. The Bertz CT molecular complexity index is 478. The number of nitrogen functional groups attached to an aromatic ring is 1. The molecule has 0 aliphatic heterocycles. The van der Waals surface area contributed by atoms with Crippen LogP contribution in [-0.4, -0.2) is 16.9 Å². The number of carbonyl (C=O) groups excluding carboxylic acids is 1. The molecule has 2 rings (SSSR count). The summed E-state index contributed by atoms with van der Waals surface area (Å²) in [5.41, 5.74) is 5.81. The van der Waals surface area contributed by atoms with Crippen molar-refractivity contribution >= 4 is 23.3 Å². The molecule has 4 nitrogen and oxygen atoms in total. The molecular weight excluding hydrogens is 262 g/mol. The second-order valence-electron chi connectivity index (χ2n) is 5.54. The average Bonchev–Trinajstić information content (AvgIpc) is 2.35. The number of hydrogen-bond acceptors (Lipinski definition) is 3. The number of nitrogens with one attached hydrogen (secondary N) is 1. The molecule has 3 N–H and O–H groups in total. The largest absolute Gasteiger partial charge is 0.384 e. The van der Waals surface area contributed by atoms with Gasteiger partial charge in [0.1, 0.15) is 11.5 Å². The maximum atomic E-state index is 12.2. The van der Waals surface area contributed by atoms with Gasteiger partial charge in [0.15, 0.2) is 0 Å². The van der Waals surface area contributed by atoms with Crippen molar-refractivity contribution in [3.05, 3.63) is 22.8 Å². The molecule has 3 unspecified atom stereocenters. The molecule has 0 spiro atoms. The summed E-state index contributed by atoms with van der Waals surface area (Å²) in [4.78, 5) is 16.2.